The maximum Gasteiger partial charge on any atom is 0.144 e. The van der Waals surface area contributed by atoms with Crippen LogP contribution in [0.15, 0.2) is 30.6 Å². The van der Waals surface area contributed by atoms with Gasteiger partial charge in [0.05, 0.1) is 18.1 Å². The van der Waals surface area contributed by atoms with Gasteiger partial charge in [0.1, 0.15) is 11.6 Å². The van der Waals surface area contributed by atoms with Crippen LogP contribution in [0.2, 0.25) is 0 Å². The fraction of sp³-hybridized carbons (Fsp3) is 0.167. The van der Waals surface area contributed by atoms with Crippen LogP contribution in [0, 0.1) is 12.7 Å². The van der Waals surface area contributed by atoms with Crippen LogP contribution in [0.1, 0.15) is 5.56 Å². The van der Waals surface area contributed by atoms with Crippen molar-refractivity contribution >= 4 is 5.82 Å². The van der Waals surface area contributed by atoms with Gasteiger partial charge in [-0.25, -0.2) is 9.37 Å². The van der Waals surface area contributed by atoms with Crippen LogP contribution in [-0.4, -0.2) is 17.0 Å². The largest absolute Gasteiger partial charge is 0.372 e. The van der Waals surface area contributed by atoms with Crippen LogP contribution < -0.4 is 5.32 Å². The first-order valence-electron chi connectivity index (χ1n) is 4.97. The average molecular weight is 217 g/mol. The summed E-state index contributed by atoms with van der Waals surface area (Å²) in [6, 6.07) is 4.94. The topological polar surface area (TPSA) is 37.8 Å². The van der Waals surface area contributed by atoms with Gasteiger partial charge < -0.3 is 5.32 Å². The Morgan fingerprint density at radius 2 is 2.06 bits per heavy atom. The molecule has 16 heavy (non-hydrogen) atoms. The van der Waals surface area contributed by atoms with E-state index in [0.717, 1.165) is 5.56 Å². The summed E-state index contributed by atoms with van der Waals surface area (Å²) in [5, 5.41) is 2.88. The number of hydrogen-bond donors (Lipinski definition) is 1. The number of rotatable bonds is 2. The molecule has 1 heterocycles. The van der Waals surface area contributed by atoms with Gasteiger partial charge >= 0.3 is 0 Å². The van der Waals surface area contributed by atoms with E-state index in [4.69, 9.17) is 0 Å². The summed E-state index contributed by atoms with van der Waals surface area (Å²) in [5.41, 5.74) is 2.01. The van der Waals surface area contributed by atoms with Gasteiger partial charge in [0.15, 0.2) is 0 Å². The van der Waals surface area contributed by atoms with Crippen LogP contribution in [0.25, 0.3) is 11.3 Å². The second kappa shape index (κ2) is 4.26. The van der Waals surface area contributed by atoms with Crippen LogP contribution >= 0.6 is 0 Å². The summed E-state index contributed by atoms with van der Waals surface area (Å²) in [4.78, 5) is 8.26. The number of benzene rings is 1. The lowest BCUT2D eigenvalue weighted by atomic mass is 10.1. The molecule has 0 spiro atoms. The van der Waals surface area contributed by atoms with Gasteiger partial charge in [0.25, 0.3) is 0 Å². The molecule has 0 fully saturated rings. The van der Waals surface area contributed by atoms with Gasteiger partial charge in [-0.15, -0.1) is 0 Å². The van der Waals surface area contributed by atoms with E-state index in [-0.39, 0.29) is 5.82 Å². The molecule has 0 aliphatic rings. The molecule has 82 valence electrons. The molecule has 3 nitrogen and oxygen atoms in total. The van der Waals surface area contributed by atoms with Gasteiger partial charge in [0, 0.05) is 12.6 Å². The van der Waals surface area contributed by atoms with Crippen molar-refractivity contribution in [3.8, 4) is 11.3 Å². The van der Waals surface area contributed by atoms with Gasteiger partial charge in [-0.2, -0.15) is 0 Å². The van der Waals surface area contributed by atoms with E-state index >= 15 is 0 Å². The Kier molecular flexibility index (Phi) is 2.81. The number of anilines is 1. The molecule has 1 aromatic heterocycles. The van der Waals surface area contributed by atoms with Gasteiger partial charge in [-0.3, -0.25) is 4.98 Å². The minimum absolute atomic E-state index is 0.284. The number of nitrogens with zero attached hydrogens (tertiary/aromatic N) is 2. The smallest absolute Gasteiger partial charge is 0.144 e. The molecule has 0 aliphatic heterocycles. The third kappa shape index (κ3) is 2.00. The molecular weight excluding hydrogens is 205 g/mol. The van der Waals surface area contributed by atoms with Crippen LogP contribution in [0.3, 0.4) is 0 Å². The lowest BCUT2D eigenvalue weighted by Gasteiger charge is -2.05. The van der Waals surface area contributed by atoms with Crippen molar-refractivity contribution in [2.45, 2.75) is 6.92 Å². The molecule has 1 N–H and O–H groups in total. The van der Waals surface area contributed by atoms with Gasteiger partial charge in [0.2, 0.25) is 0 Å². The maximum atomic E-state index is 13.6. The van der Waals surface area contributed by atoms with E-state index in [1.165, 1.54) is 6.07 Å². The van der Waals surface area contributed by atoms with E-state index in [9.17, 15) is 4.39 Å². The monoisotopic (exact) mass is 217 g/mol. The standard InChI is InChI=1S/C12H12FN3/c1-8-3-4-10(13)9(5-8)11-6-15-7-12(14-2)16-11/h3-7H,1-2H3,(H,14,16). The summed E-state index contributed by atoms with van der Waals surface area (Å²) >= 11 is 0. The molecule has 0 atom stereocenters. The Morgan fingerprint density at radius 3 is 2.81 bits per heavy atom. The van der Waals surface area contributed by atoms with Gasteiger partial charge in [-0.1, -0.05) is 11.6 Å². The first-order valence-corrected chi connectivity index (χ1v) is 4.97. The molecule has 1 aromatic carbocycles. The van der Waals surface area contributed by atoms with Crippen molar-refractivity contribution in [3.63, 3.8) is 0 Å². The quantitative estimate of drug-likeness (QED) is 0.840. The molecule has 0 amide bonds. The maximum absolute atomic E-state index is 13.6. The van der Waals surface area contributed by atoms with E-state index in [2.05, 4.69) is 15.3 Å². The second-order valence-electron chi connectivity index (χ2n) is 3.52. The normalized spacial score (nSPS) is 10.2. The second-order valence-corrected chi connectivity index (χ2v) is 3.52. The van der Waals surface area contributed by atoms with Crippen molar-refractivity contribution < 1.29 is 4.39 Å². The van der Waals surface area contributed by atoms with E-state index in [0.29, 0.717) is 17.1 Å². The van der Waals surface area contributed by atoms with E-state index < -0.39 is 0 Å². The number of hydrogen-bond acceptors (Lipinski definition) is 3. The fourth-order valence-electron chi connectivity index (χ4n) is 1.45. The highest BCUT2D eigenvalue weighted by atomic mass is 19.1. The molecular formula is C12H12FN3. The summed E-state index contributed by atoms with van der Waals surface area (Å²) in [5.74, 6) is 0.339. The Hall–Kier alpha value is -1.97. The van der Waals surface area contributed by atoms with Crippen LogP contribution in [-0.2, 0) is 0 Å². The number of nitrogens with one attached hydrogen (secondary N) is 1. The van der Waals surface area contributed by atoms with Crippen molar-refractivity contribution in [2.75, 3.05) is 12.4 Å². The predicted molar refractivity (Wildman–Crippen MR) is 61.7 cm³/mol. The average Bonchev–Trinajstić information content (AvgIpc) is 2.32. The highest BCUT2D eigenvalue weighted by Crippen LogP contribution is 2.22. The SMILES string of the molecule is CNc1cncc(-c2cc(C)ccc2F)n1. The summed E-state index contributed by atoms with van der Waals surface area (Å²) in [6.07, 6.45) is 3.15. The molecule has 0 saturated carbocycles. The van der Waals surface area contributed by atoms with Crippen molar-refractivity contribution in [3.05, 3.63) is 42.0 Å². The number of halogens is 1. The Bertz CT molecular complexity index is 511. The van der Waals surface area contributed by atoms with Crippen LogP contribution in [0.4, 0.5) is 10.2 Å². The number of aryl methyl sites for hydroxylation is 1. The minimum Gasteiger partial charge on any atom is -0.372 e. The summed E-state index contributed by atoms with van der Waals surface area (Å²) in [6.45, 7) is 1.91. The minimum atomic E-state index is -0.284. The van der Waals surface area contributed by atoms with Gasteiger partial charge in [-0.05, 0) is 19.1 Å². The number of aromatic nitrogens is 2. The van der Waals surface area contributed by atoms with E-state index in [1.54, 1.807) is 31.6 Å². The third-order valence-electron chi connectivity index (χ3n) is 2.29. The lowest BCUT2D eigenvalue weighted by molar-refractivity contribution is 0.630. The molecule has 2 aromatic rings. The lowest BCUT2D eigenvalue weighted by Crippen LogP contribution is -1.96. The highest BCUT2D eigenvalue weighted by Gasteiger charge is 2.07. The zero-order valence-corrected chi connectivity index (χ0v) is 9.16. The molecule has 4 heteroatoms. The van der Waals surface area contributed by atoms with E-state index in [1.807, 2.05) is 6.92 Å². The van der Waals surface area contributed by atoms with Crippen molar-refractivity contribution in [1.29, 1.82) is 0 Å². The molecule has 0 radical (unpaired) electrons. The predicted octanol–water partition coefficient (Wildman–Crippen LogP) is 2.63. The Morgan fingerprint density at radius 1 is 1.25 bits per heavy atom. The zero-order valence-electron chi connectivity index (χ0n) is 9.16. The van der Waals surface area contributed by atoms with Crippen molar-refractivity contribution in [1.82, 2.24) is 9.97 Å². The summed E-state index contributed by atoms with van der Waals surface area (Å²) < 4.78 is 13.6. The van der Waals surface area contributed by atoms with Crippen LogP contribution in [0.5, 0.6) is 0 Å². The summed E-state index contributed by atoms with van der Waals surface area (Å²) in [7, 11) is 1.75. The third-order valence-corrected chi connectivity index (χ3v) is 2.29. The molecule has 0 saturated heterocycles. The first kappa shape index (κ1) is 10.5. The zero-order chi connectivity index (χ0) is 11.5. The van der Waals surface area contributed by atoms with Crippen molar-refractivity contribution in [2.24, 2.45) is 0 Å². The molecule has 0 bridgehead atoms. The highest BCUT2D eigenvalue weighted by molar-refractivity contribution is 5.61. The Labute approximate surface area is 93.4 Å². The molecule has 2 rings (SSSR count). The molecule has 0 aliphatic carbocycles. The Balaban J connectivity index is 2.53. The molecule has 0 unspecified atom stereocenters. The fourth-order valence-corrected chi connectivity index (χ4v) is 1.45. The first-order chi connectivity index (χ1) is 7.70.